The standard InChI is InChI=1S/C25H47ClN2Si5/c1-29(2,3)27(30(4,5)6)22-14-18-24(19-15-22)33(13,26)25-20-16-23(17-21-25)28(31(7,8)9)32(10,11)12/h14-21H,1-13H3. The van der Waals surface area contributed by atoms with Gasteiger partial charge in [0.25, 0.3) is 0 Å². The first kappa shape index (κ1) is 28.7. The molecule has 0 amide bonds. The van der Waals surface area contributed by atoms with Crippen LogP contribution in [-0.4, -0.2) is 40.3 Å². The van der Waals surface area contributed by atoms with Crippen LogP contribution in [0.4, 0.5) is 11.4 Å². The van der Waals surface area contributed by atoms with Gasteiger partial charge in [0, 0.05) is 11.4 Å². The maximum Gasteiger partial charge on any atom is 0.214 e. The van der Waals surface area contributed by atoms with Crippen LogP contribution in [0.1, 0.15) is 0 Å². The Morgan fingerprint density at radius 1 is 0.424 bits per heavy atom. The lowest BCUT2D eigenvalue weighted by Gasteiger charge is -2.46. The van der Waals surface area contributed by atoms with Crippen molar-refractivity contribution in [3.05, 3.63) is 48.5 Å². The van der Waals surface area contributed by atoms with Crippen molar-refractivity contribution >= 4 is 73.2 Å². The predicted octanol–water partition coefficient (Wildman–Crippen LogP) is 7.57. The first-order valence-electron chi connectivity index (χ1n) is 12.2. The molecule has 2 aromatic rings. The third-order valence-corrected chi connectivity index (χ3v) is 24.6. The molecule has 0 fully saturated rings. The number of anilines is 2. The fourth-order valence-corrected chi connectivity index (χ4v) is 28.0. The van der Waals surface area contributed by atoms with Gasteiger partial charge in [0.15, 0.2) is 0 Å². The predicted molar refractivity (Wildman–Crippen MR) is 168 cm³/mol. The van der Waals surface area contributed by atoms with Gasteiger partial charge in [-0.1, -0.05) is 103 Å². The van der Waals surface area contributed by atoms with E-state index in [0.29, 0.717) is 0 Å². The normalized spacial score (nSPS) is 13.8. The second kappa shape index (κ2) is 9.46. The van der Waals surface area contributed by atoms with Gasteiger partial charge in [-0.15, -0.1) is 0 Å². The fraction of sp³-hybridized carbons (Fsp3) is 0.520. The van der Waals surface area contributed by atoms with E-state index in [4.69, 9.17) is 11.1 Å². The molecule has 2 rings (SSSR count). The summed E-state index contributed by atoms with van der Waals surface area (Å²) in [4.78, 5) is 0. The van der Waals surface area contributed by atoms with E-state index in [2.05, 4.69) is 142 Å². The van der Waals surface area contributed by atoms with Crippen LogP contribution >= 0.6 is 11.1 Å². The summed E-state index contributed by atoms with van der Waals surface area (Å²) < 4.78 is 5.54. The minimum atomic E-state index is -2.27. The number of benzene rings is 2. The first-order chi connectivity index (χ1) is 14.7. The second-order valence-corrected chi connectivity index (χ2v) is 38.9. The van der Waals surface area contributed by atoms with Gasteiger partial charge in [-0.25, -0.2) is 0 Å². The van der Waals surface area contributed by atoms with Crippen LogP contribution in [0.5, 0.6) is 0 Å². The summed E-state index contributed by atoms with van der Waals surface area (Å²) in [6.45, 7) is 31.7. The Bertz CT molecular complexity index is 826. The molecule has 0 aromatic heterocycles. The molecule has 2 nitrogen and oxygen atoms in total. The van der Waals surface area contributed by atoms with E-state index in [1.165, 1.54) is 21.7 Å². The van der Waals surface area contributed by atoms with Gasteiger partial charge in [0.2, 0.25) is 7.38 Å². The maximum atomic E-state index is 7.36. The van der Waals surface area contributed by atoms with Crippen LogP contribution in [0.2, 0.25) is 85.1 Å². The van der Waals surface area contributed by atoms with Gasteiger partial charge in [0.05, 0.1) is 0 Å². The zero-order valence-corrected chi connectivity index (χ0v) is 29.1. The zero-order chi connectivity index (χ0) is 25.6. The highest BCUT2D eigenvalue weighted by atomic mass is 35.6. The minimum Gasteiger partial charge on any atom is -0.425 e. The first-order valence-corrected chi connectivity index (χ1v) is 29.5. The summed E-state index contributed by atoms with van der Waals surface area (Å²) >= 11 is 7.36. The second-order valence-electron chi connectivity index (χ2n) is 13.5. The molecule has 0 unspecified atom stereocenters. The molecule has 0 aliphatic heterocycles. The third kappa shape index (κ3) is 6.76. The largest absolute Gasteiger partial charge is 0.425 e. The third-order valence-electron chi connectivity index (χ3n) is 6.02. The van der Waals surface area contributed by atoms with Crippen LogP contribution in [-0.2, 0) is 0 Å². The summed E-state index contributed by atoms with van der Waals surface area (Å²) in [7, 11) is -8.13. The molecule has 8 heteroatoms. The van der Waals surface area contributed by atoms with Gasteiger partial charge >= 0.3 is 0 Å². The van der Waals surface area contributed by atoms with Crippen molar-refractivity contribution in [2.75, 3.05) is 8.46 Å². The van der Waals surface area contributed by atoms with E-state index in [1.54, 1.807) is 0 Å². The van der Waals surface area contributed by atoms with E-state index >= 15 is 0 Å². The van der Waals surface area contributed by atoms with Crippen molar-refractivity contribution in [3.63, 3.8) is 0 Å². The van der Waals surface area contributed by atoms with Gasteiger partial charge in [0.1, 0.15) is 32.9 Å². The zero-order valence-electron chi connectivity index (χ0n) is 23.4. The van der Waals surface area contributed by atoms with E-state index in [-0.39, 0.29) is 0 Å². The molecule has 0 bridgehead atoms. The Balaban J connectivity index is 2.41. The molecular weight excluding hydrogens is 504 g/mol. The Morgan fingerprint density at radius 3 is 0.818 bits per heavy atom. The van der Waals surface area contributed by atoms with Crippen molar-refractivity contribution < 1.29 is 0 Å². The number of hydrogen-bond donors (Lipinski definition) is 0. The minimum absolute atomic E-state index is 1.29. The summed E-state index contributed by atoms with van der Waals surface area (Å²) in [5.74, 6) is 0. The molecule has 0 saturated heterocycles. The molecule has 0 atom stereocenters. The summed E-state index contributed by atoms with van der Waals surface area (Å²) in [5.41, 5.74) is 2.74. The van der Waals surface area contributed by atoms with Crippen molar-refractivity contribution in [1.82, 2.24) is 0 Å². The smallest absolute Gasteiger partial charge is 0.214 e. The molecule has 0 radical (unpaired) electrons. The number of hydrogen-bond acceptors (Lipinski definition) is 2. The number of nitrogens with zero attached hydrogens (tertiary/aromatic N) is 2. The molecule has 0 heterocycles. The molecule has 0 saturated carbocycles. The quantitative estimate of drug-likeness (QED) is 0.247. The van der Waals surface area contributed by atoms with Crippen molar-refractivity contribution in [2.24, 2.45) is 0 Å². The van der Waals surface area contributed by atoms with Crippen molar-refractivity contribution in [3.8, 4) is 0 Å². The van der Waals surface area contributed by atoms with Gasteiger partial charge in [-0.05, 0) is 41.2 Å². The van der Waals surface area contributed by atoms with E-state index in [0.717, 1.165) is 0 Å². The monoisotopic (exact) mass is 550 g/mol. The molecule has 33 heavy (non-hydrogen) atoms. The summed E-state index contributed by atoms with van der Waals surface area (Å²) in [6.07, 6.45) is 0. The summed E-state index contributed by atoms with van der Waals surface area (Å²) in [5, 5.41) is 2.58. The fourth-order valence-electron chi connectivity index (χ4n) is 5.58. The van der Waals surface area contributed by atoms with Crippen molar-refractivity contribution in [2.45, 2.75) is 85.1 Å². The molecule has 184 valence electrons. The van der Waals surface area contributed by atoms with Gasteiger partial charge in [-0.2, -0.15) is 11.1 Å². The van der Waals surface area contributed by atoms with E-state index in [9.17, 15) is 0 Å². The molecule has 0 N–H and O–H groups in total. The molecule has 0 aliphatic carbocycles. The number of rotatable bonds is 8. The van der Waals surface area contributed by atoms with Crippen LogP contribution in [0.3, 0.4) is 0 Å². The lowest BCUT2D eigenvalue weighted by Crippen LogP contribution is -2.60. The average Bonchev–Trinajstić information content (AvgIpc) is 2.57. The van der Waals surface area contributed by atoms with Crippen LogP contribution in [0.15, 0.2) is 48.5 Å². The molecular formula is C25H47ClN2Si5. The number of halogens is 1. The average molecular weight is 552 g/mol. The SMILES string of the molecule is C[Si](Cl)(c1ccc(N([Si](C)(C)C)[Si](C)(C)C)cc1)c1ccc(N([Si](C)(C)C)[Si](C)(C)C)cc1. The molecule has 2 aromatic carbocycles. The Morgan fingerprint density at radius 2 is 0.636 bits per heavy atom. The topological polar surface area (TPSA) is 6.48 Å². The van der Waals surface area contributed by atoms with Crippen LogP contribution < -0.4 is 18.8 Å². The van der Waals surface area contributed by atoms with Crippen molar-refractivity contribution in [1.29, 1.82) is 0 Å². The van der Waals surface area contributed by atoms with Gasteiger partial charge in [-0.3, -0.25) is 0 Å². The Hall–Kier alpha value is -0.586. The Kier molecular flexibility index (Phi) is 8.22. The Labute approximate surface area is 214 Å². The lowest BCUT2D eigenvalue weighted by molar-refractivity contribution is 1.35. The highest BCUT2D eigenvalue weighted by Gasteiger charge is 2.37. The highest BCUT2D eigenvalue weighted by molar-refractivity contribution is 7.33. The van der Waals surface area contributed by atoms with Crippen LogP contribution in [0, 0.1) is 0 Å². The summed E-state index contributed by atoms with van der Waals surface area (Å²) in [6, 6.07) is 18.5. The van der Waals surface area contributed by atoms with E-state index < -0.39 is 40.3 Å². The molecule has 0 aliphatic rings. The molecule has 0 spiro atoms. The van der Waals surface area contributed by atoms with E-state index in [1.807, 2.05) is 0 Å². The van der Waals surface area contributed by atoms with Crippen LogP contribution in [0.25, 0.3) is 0 Å². The maximum absolute atomic E-state index is 7.36. The highest BCUT2D eigenvalue weighted by Crippen LogP contribution is 2.30. The lowest BCUT2D eigenvalue weighted by atomic mass is 10.3. The van der Waals surface area contributed by atoms with Gasteiger partial charge < -0.3 is 8.46 Å².